The second-order valence-corrected chi connectivity index (χ2v) is 5.62. The molecule has 1 fully saturated rings. The van der Waals surface area contributed by atoms with Crippen molar-refractivity contribution in [1.29, 1.82) is 0 Å². The molecular weight excluding hydrogens is 320 g/mol. The molecule has 2 heterocycles. The third kappa shape index (κ3) is 3.28. The van der Waals surface area contributed by atoms with Gasteiger partial charge in [-0.1, -0.05) is 5.16 Å². The quantitative estimate of drug-likeness (QED) is 0.858. The van der Waals surface area contributed by atoms with Crippen molar-refractivity contribution in [3.8, 4) is 0 Å². The molecule has 3 rings (SSSR count). The van der Waals surface area contributed by atoms with Gasteiger partial charge in [0.25, 0.3) is 5.91 Å². The van der Waals surface area contributed by atoms with Gasteiger partial charge in [0.15, 0.2) is 17.5 Å². The number of nitrogens with zero attached hydrogens (tertiary/aromatic N) is 3. The van der Waals surface area contributed by atoms with Crippen molar-refractivity contribution in [2.75, 3.05) is 13.7 Å². The number of benzene rings is 1. The van der Waals surface area contributed by atoms with Gasteiger partial charge in [0.2, 0.25) is 5.89 Å². The molecule has 2 aromatic rings. The van der Waals surface area contributed by atoms with Gasteiger partial charge in [0.05, 0.1) is 0 Å². The van der Waals surface area contributed by atoms with Crippen LogP contribution < -0.4 is 0 Å². The van der Waals surface area contributed by atoms with E-state index in [-0.39, 0.29) is 24.1 Å². The maximum Gasteiger partial charge on any atom is 0.254 e. The van der Waals surface area contributed by atoms with Gasteiger partial charge in [0.1, 0.15) is 12.6 Å². The Hall–Kier alpha value is -2.35. The fourth-order valence-corrected chi connectivity index (χ4v) is 2.82. The van der Waals surface area contributed by atoms with E-state index >= 15 is 0 Å². The first kappa shape index (κ1) is 16.5. The van der Waals surface area contributed by atoms with Gasteiger partial charge in [0, 0.05) is 19.2 Å². The van der Waals surface area contributed by atoms with Gasteiger partial charge >= 0.3 is 0 Å². The normalized spacial score (nSPS) is 18.0. The average Bonchev–Trinajstić information content (AvgIpc) is 3.05. The molecule has 1 amide bonds. The second kappa shape index (κ2) is 7.04. The summed E-state index contributed by atoms with van der Waals surface area (Å²) < 4.78 is 36.7. The first-order chi connectivity index (χ1) is 11.6. The van der Waals surface area contributed by atoms with Crippen LogP contribution in [-0.2, 0) is 11.3 Å². The number of amides is 1. The fraction of sp³-hybridized carbons (Fsp3) is 0.438. The predicted octanol–water partition coefficient (Wildman–Crippen LogP) is 2.86. The Balaban J connectivity index is 1.85. The molecule has 128 valence electrons. The van der Waals surface area contributed by atoms with Crippen molar-refractivity contribution in [2.24, 2.45) is 0 Å². The van der Waals surface area contributed by atoms with Crippen molar-refractivity contribution >= 4 is 5.91 Å². The molecule has 1 saturated heterocycles. The summed E-state index contributed by atoms with van der Waals surface area (Å²) in [6.07, 6.45) is 2.41. The number of methoxy groups -OCH3 is 1. The van der Waals surface area contributed by atoms with Gasteiger partial charge in [-0.05, 0) is 37.5 Å². The SMILES string of the molecule is COCc1noc(C2CCCCN2C(=O)c2ccc(F)c(F)c2)n1. The zero-order chi connectivity index (χ0) is 17.1. The Morgan fingerprint density at radius 3 is 2.96 bits per heavy atom. The molecule has 1 aromatic heterocycles. The fourth-order valence-electron chi connectivity index (χ4n) is 2.82. The number of carbonyl (C=O) groups is 1. The van der Waals surface area contributed by atoms with E-state index in [0.29, 0.717) is 24.7 Å². The Labute approximate surface area is 137 Å². The molecule has 0 spiro atoms. The second-order valence-electron chi connectivity index (χ2n) is 5.62. The minimum Gasteiger partial charge on any atom is -0.377 e. The van der Waals surface area contributed by atoms with E-state index < -0.39 is 11.6 Å². The smallest absolute Gasteiger partial charge is 0.254 e. The van der Waals surface area contributed by atoms with E-state index in [0.717, 1.165) is 25.0 Å². The largest absolute Gasteiger partial charge is 0.377 e. The first-order valence-corrected chi connectivity index (χ1v) is 7.67. The number of hydrogen-bond acceptors (Lipinski definition) is 5. The van der Waals surface area contributed by atoms with Crippen LogP contribution in [0.4, 0.5) is 8.78 Å². The summed E-state index contributed by atoms with van der Waals surface area (Å²) in [7, 11) is 1.52. The zero-order valence-electron chi connectivity index (χ0n) is 13.2. The minimum atomic E-state index is -1.05. The van der Waals surface area contributed by atoms with Gasteiger partial charge in [-0.15, -0.1) is 0 Å². The molecule has 0 bridgehead atoms. The van der Waals surface area contributed by atoms with Crippen molar-refractivity contribution in [2.45, 2.75) is 31.9 Å². The summed E-state index contributed by atoms with van der Waals surface area (Å²) in [6, 6.07) is 2.76. The number of piperidine rings is 1. The highest BCUT2D eigenvalue weighted by molar-refractivity contribution is 5.94. The lowest BCUT2D eigenvalue weighted by atomic mass is 10.0. The summed E-state index contributed by atoms with van der Waals surface area (Å²) in [5.41, 5.74) is 0.0948. The van der Waals surface area contributed by atoms with Crippen LogP contribution in [0.5, 0.6) is 0 Å². The number of halogens is 2. The number of ether oxygens (including phenoxy) is 1. The standard InChI is InChI=1S/C16H17F2N3O3/c1-23-9-14-19-15(24-20-14)13-4-2-3-7-21(13)16(22)10-5-6-11(17)12(18)8-10/h5-6,8,13H,2-4,7,9H2,1H3. The Morgan fingerprint density at radius 2 is 2.21 bits per heavy atom. The molecule has 0 radical (unpaired) electrons. The van der Waals surface area contributed by atoms with E-state index in [2.05, 4.69) is 10.1 Å². The van der Waals surface area contributed by atoms with Gasteiger partial charge < -0.3 is 14.2 Å². The summed E-state index contributed by atoms with van der Waals surface area (Å²) in [4.78, 5) is 18.5. The van der Waals surface area contributed by atoms with E-state index in [4.69, 9.17) is 9.26 Å². The number of likely N-dealkylation sites (tertiary alicyclic amines) is 1. The van der Waals surface area contributed by atoms with Gasteiger partial charge in [-0.3, -0.25) is 4.79 Å². The maximum absolute atomic E-state index is 13.4. The molecule has 1 atom stereocenters. The van der Waals surface area contributed by atoms with Crippen LogP contribution in [0.2, 0.25) is 0 Å². The number of rotatable bonds is 4. The molecular formula is C16H17F2N3O3. The van der Waals surface area contributed by atoms with Crippen molar-refractivity contribution in [3.63, 3.8) is 0 Å². The summed E-state index contributed by atoms with van der Waals surface area (Å²) in [5.74, 6) is -1.68. The van der Waals surface area contributed by atoms with Crippen molar-refractivity contribution in [3.05, 3.63) is 47.1 Å². The highest BCUT2D eigenvalue weighted by atomic mass is 19.2. The Bertz CT molecular complexity index is 735. The van der Waals surface area contributed by atoms with E-state index in [1.54, 1.807) is 4.90 Å². The summed E-state index contributed by atoms with van der Waals surface area (Å²) in [6.45, 7) is 0.706. The van der Waals surface area contributed by atoms with Crippen LogP contribution in [0.15, 0.2) is 22.7 Å². The van der Waals surface area contributed by atoms with E-state index in [9.17, 15) is 13.6 Å². The molecule has 0 saturated carbocycles. The zero-order valence-corrected chi connectivity index (χ0v) is 13.2. The highest BCUT2D eigenvalue weighted by Gasteiger charge is 2.33. The van der Waals surface area contributed by atoms with Crippen LogP contribution in [0.3, 0.4) is 0 Å². The van der Waals surface area contributed by atoms with Crippen molar-refractivity contribution in [1.82, 2.24) is 15.0 Å². The van der Waals surface area contributed by atoms with Gasteiger partial charge in [-0.25, -0.2) is 8.78 Å². The molecule has 8 heteroatoms. The van der Waals surface area contributed by atoms with Crippen LogP contribution in [-0.4, -0.2) is 34.6 Å². The minimum absolute atomic E-state index is 0.0948. The third-order valence-electron chi connectivity index (χ3n) is 3.97. The van der Waals surface area contributed by atoms with Crippen molar-refractivity contribution < 1.29 is 22.8 Å². The molecule has 6 nitrogen and oxygen atoms in total. The summed E-state index contributed by atoms with van der Waals surface area (Å²) in [5, 5.41) is 3.81. The molecule has 0 N–H and O–H groups in total. The molecule has 24 heavy (non-hydrogen) atoms. The lowest BCUT2D eigenvalue weighted by Gasteiger charge is -2.33. The van der Waals surface area contributed by atoms with Crippen LogP contribution in [0, 0.1) is 11.6 Å². The Kier molecular flexibility index (Phi) is 4.84. The Morgan fingerprint density at radius 1 is 1.38 bits per heavy atom. The molecule has 0 aliphatic carbocycles. The maximum atomic E-state index is 13.4. The number of carbonyl (C=O) groups excluding carboxylic acids is 1. The molecule has 1 aliphatic heterocycles. The van der Waals surface area contributed by atoms with Crippen LogP contribution in [0.1, 0.15) is 47.4 Å². The van der Waals surface area contributed by atoms with Crippen LogP contribution in [0.25, 0.3) is 0 Å². The lowest BCUT2D eigenvalue weighted by molar-refractivity contribution is 0.0560. The molecule has 1 aliphatic rings. The summed E-state index contributed by atoms with van der Waals surface area (Å²) >= 11 is 0. The van der Waals surface area contributed by atoms with E-state index in [1.807, 2.05) is 0 Å². The predicted molar refractivity (Wildman–Crippen MR) is 79.0 cm³/mol. The lowest BCUT2D eigenvalue weighted by Crippen LogP contribution is -2.38. The third-order valence-corrected chi connectivity index (χ3v) is 3.97. The van der Waals surface area contributed by atoms with Crippen LogP contribution >= 0.6 is 0 Å². The highest BCUT2D eigenvalue weighted by Crippen LogP contribution is 2.31. The number of hydrogen-bond donors (Lipinski definition) is 0. The monoisotopic (exact) mass is 337 g/mol. The number of aromatic nitrogens is 2. The molecule has 1 unspecified atom stereocenters. The molecule has 1 aromatic carbocycles. The topological polar surface area (TPSA) is 68.5 Å². The average molecular weight is 337 g/mol. The van der Waals surface area contributed by atoms with Gasteiger partial charge in [-0.2, -0.15) is 4.98 Å². The van der Waals surface area contributed by atoms with E-state index in [1.165, 1.54) is 13.2 Å². The first-order valence-electron chi connectivity index (χ1n) is 7.67.